The Hall–Kier alpha value is -2.08. The third-order valence-electron chi connectivity index (χ3n) is 3.77. The zero-order valence-corrected chi connectivity index (χ0v) is 16.6. The van der Waals surface area contributed by atoms with Gasteiger partial charge in [0.25, 0.3) is 5.91 Å². The molecule has 0 aliphatic carbocycles. The Balaban J connectivity index is 1.53. The maximum Gasteiger partial charge on any atom is 0.287 e. The van der Waals surface area contributed by atoms with E-state index in [1.807, 2.05) is 24.3 Å². The summed E-state index contributed by atoms with van der Waals surface area (Å²) in [5, 5.41) is 4.04. The number of carbonyl (C=O) groups is 1. The Morgan fingerprint density at radius 3 is 2.44 bits per heavy atom. The summed E-state index contributed by atoms with van der Waals surface area (Å²) in [6.45, 7) is 0.368. The van der Waals surface area contributed by atoms with Gasteiger partial charge in [-0.25, -0.2) is 0 Å². The lowest BCUT2D eigenvalue weighted by Gasteiger charge is -2.04. The van der Waals surface area contributed by atoms with Crippen LogP contribution in [0.25, 0.3) is 0 Å². The number of rotatable bonds is 7. The summed E-state index contributed by atoms with van der Waals surface area (Å²) < 4.78 is 17.8. The van der Waals surface area contributed by atoms with Crippen LogP contribution in [0, 0.1) is 0 Å². The monoisotopic (exact) mass is 421 g/mol. The van der Waals surface area contributed by atoms with Gasteiger partial charge in [-0.15, -0.1) is 0 Å². The summed E-state index contributed by atoms with van der Waals surface area (Å²) in [7, 11) is -1.16. The van der Waals surface area contributed by atoms with Gasteiger partial charge in [-0.05, 0) is 47.5 Å². The third kappa shape index (κ3) is 5.96. The molecule has 3 aromatic rings. The van der Waals surface area contributed by atoms with Crippen LogP contribution in [0.2, 0.25) is 10.0 Å². The first-order chi connectivity index (χ1) is 13.0. The van der Waals surface area contributed by atoms with Crippen LogP contribution in [0.15, 0.2) is 65.1 Å². The van der Waals surface area contributed by atoms with Crippen molar-refractivity contribution in [2.75, 3.05) is 0 Å². The highest BCUT2D eigenvalue weighted by Gasteiger charge is 2.13. The van der Waals surface area contributed by atoms with Crippen molar-refractivity contribution < 1.29 is 13.4 Å². The topological polar surface area (TPSA) is 59.3 Å². The summed E-state index contributed by atoms with van der Waals surface area (Å²) in [6, 6.07) is 17.7. The molecule has 1 unspecified atom stereocenters. The smallest absolute Gasteiger partial charge is 0.287 e. The van der Waals surface area contributed by atoms with Crippen molar-refractivity contribution in [2.24, 2.45) is 0 Å². The average Bonchev–Trinajstić information content (AvgIpc) is 3.09. The number of nitrogens with one attached hydrogen (secondary N) is 1. The van der Waals surface area contributed by atoms with E-state index in [0.29, 0.717) is 28.1 Å². The Bertz CT molecular complexity index is 954. The van der Waals surface area contributed by atoms with Gasteiger partial charge in [-0.1, -0.05) is 47.5 Å². The van der Waals surface area contributed by atoms with E-state index in [1.165, 1.54) is 0 Å². The molecule has 0 fully saturated rings. The summed E-state index contributed by atoms with van der Waals surface area (Å²) >= 11 is 11.8. The fourth-order valence-electron chi connectivity index (χ4n) is 2.47. The van der Waals surface area contributed by atoms with E-state index < -0.39 is 10.8 Å². The SMILES string of the molecule is O=C(NCc1ccc(Cl)cc1)c1ccc(CS(=O)Cc2cccc(Cl)c2)o1. The first-order valence-corrected chi connectivity index (χ1v) is 10.4. The average molecular weight is 422 g/mol. The lowest BCUT2D eigenvalue weighted by Crippen LogP contribution is -2.22. The molecule has 0 bridgehead atoms. The third-order valence-corrected chi connectivity index (χ3v) is 5.52. The van der Waals surface area contributed by atoms with Crippen LogP contribution in [0.1, 0.15) is 27.4 Å². The fraction of sp³-hybridized carbons (Fsp3) is 0.150. The van der Waals surface area contributed by atoms with Gasteiger partial charge in [0.1, 0.15) is 5.76 Å². The molecule has 1 atom stereocenters. The standard InChI is InChI=1S/C20H17Cl2NO3S/c21-16-6-4-14(5-7-16)11-23-20(24)19-9-8-18(26-19)13-27(25)12-15-2-1-3-17(22)10-15/h1-10H,11-13H2,(H,23,24). The van der Waals surface area contributed by atoms with Gasteiger partial charge in [0, 0.05) is 33.1 Å². The summed E-state index contributed by atoms with van der Waals surface area (Å²) in [5.41, 5.74) is 1.83. The molecule has 0 radical (unpaired) electrons. The van der Waals surface area contributed by atoms with Gasteiger partial charge >= 0.3 is 0 Å². The highest BCUT2D eigenvalue weighted by atomic mass is 35.5. The zero-order valence-electron chi connectivity index (χ0n) is 14.3. The van der Waals surface area contributed by atoms with Crippen LogP contribution in [0.5, 0.6) is 0 Å². The molecule has 27 heavy (non-hydrogen) atoms. The largest absolute Gasteiger partial charge is 0.455 e. The molecule has 140 valence electrons. The molecule has 1 aromatic heterocycles. The molecule has 1 heterocycles. The van der Waals surface area contributed by atoms with E-state index in [4.69, 9.17) is 27.6 Å². The van der Waals surface area contributed by atoms with E-state index in [-0.39, 0.29) is 17.4 Å². The quantitative estimate of drug-likeness (QED) is 0.585. The summed E-state index contributed by atoms with van der Waals surface area (Å²) in [6.07, 6.45) is 0. The molecular formula is C20H17Cl2NO3S. The van der Waals surface area contributed by atoms with E-state index in [9.17, 15) is 9.00 Å². The number of carbonyl (C=O) groups excluding carboxylic acids is 1. The molecule has 3 rings (SSSR count). The van der Waals surface area contributed by atoms with Crippen LogP contribution in [-0.2, 0) is 28.9 Å². The van der Waals surface area contributed by atoms with Gasteiger partial charge in [0.15, 0.2) is 5.76 Å². The van der Waals surface area contributed by atoms with Gasteiger partial charge in [0.05, 0.1) is 5.75 Å². The molecular weight excluding hydrogens is 405 g/mol. The number of hydrogen-bond acceptors (Lipinski definition) is 3. The first kappa shape index (κ1) is 19.7. The number of furan rings is 1. The van der Waals surface area contributed by atoms with E-state index in [0.717, 1.165) is 11.1 Å². The van der Waals surface area contributed by atoms with E-state index >= 15 is 0 Å². The second-order valence-electron chi connectivity index (χ2n) is 5.93. The molecule has 0 saturated carbocycles. The van der Waals surface area contributed by atoms with Crippen LogP contribution in [0.3, 0.4) is 0 Å². The van der Waals surface area contributed by atoms with Crippen LogP contribution < -0.4 is 5.32 Å². The molecule has 1 N–H and O–H groups in total. The highest BCUT2D eigenvalue weighted by Crippen LogP contribution is 2.16. The van der Waals surface area contributed by atoms with Gasteiger partial charge in [0.2, 0.25) is 0 Å². The van der Waals surface area contributed by atoms with E-state index in [1.54, 1.807) is 36.4 Å². The minimum atomic E-state index is -1.16. The minimum Gasteiger partial charge on any atom is -0.455 e. The van der Waals surface area contributed by atoms with Crippen LogP contribution >= 0.6 is 23.2 Å². The molecule has 2 aromatic carbocycles. The molecule has 0 saturated heterocycles. The van der Waals surface area contributed by atoms with Crippen molar-refractivity contribution in [3.05, 3.63) is 93.4 Å². The fourth-order valence-corrected chi connectivity index (χ4v) is 3.94. The van der Waals surface area contributed by atoms with E-state index in [2.05, 4.69) is 5.32 Å². The first-order valence-electron chi connectivity index (χ1n) is 8.20. The Labute approximate surface area is 169 Å². The maximum atomic E-state index is 12.3. The Morgan fingerprint density at radius 2 is 1.70 bits per heavy atom. The highest BCUT2D eigenvalue weighted by molar-refractivity contribution is 7.83. The van der Waals surface area contributed by atoms with Gasteiger partial charge in [-0.3, -0.25) is 9.00 Å². The van der Waals surface area contributed by atoms with Crippen molar-refractivity contribution in [1.82, 2.24) is 5.32 Å². The predicted octanol–water partition coefficient (Wildman–Crippen LogP) is 4.97. The molecule has 0 aliphatic rings. The number of benzene rings is 2. The number of halogens is 2. The van der Waals surface area contributed by atoms with Crippen molar-refractivity contribution in [1.29, 1.82) is 0 Å². The van der Waals surface area contributed by atoms with Crippen molar-refractivity contribution >= 4 is 39.9 Å². The normalized spacial score (nSPS) is 11.9. The van der Waals surface area contributed by atoms with Crippen molar-refractivity contribution in [2.45, 2.75) is 18.1 Å². The Kier molecular flexibility index (Phi) is 6.72. The summed E-state index contributed by atoms with van der Waals surface area (Å²) in [4.78, 5) is 12.2. The van der Waals surface area contributed by atoms with Crippen LogP contribution in [-0.4, -0.2) is 10.1 Å². The van der Waals surface area contributed by atoms with Gasteiger partial charge in [-0.2, -0.15) is 0 Å². The predicted molar refractivity (Wildman–Crippen MR) is 108 cm³/mol. The molecule has 7 heteroatoms. The minimum absolute atomic E-state index is 0.193. The zero-order chi connectivity index (χ0) is 19.2. The van der Waals surface area contributed by atoms with Crippen molar-refractivity contribution in [3.63, 3.8) is 0 Å². The maximum absolute atomic E-state index is 12.3. The molecule has 0 aliphatic heterocycles. The lowest BCUT2D eigenvalue weighted by molar-refractivity contribution is 0.0921. The number of amides is 1. The summed E-state index contributed by atoms with van der Waals surface area (Å²) in [5.74, 6) is 0.985. The van der Waals surface area contributed by atoms with Crippen LogP contribution in [0.4, 0.5) is 0 Å². The second-order valence-corrected chi connectivity index (χ2v) is 8.26. The van der Waals surface area contributed by atoms with Gasteiger partial charge < -0.3 is 9.73 Å². The molecule has 1 amide bonds. The molecule has 0 spiro atoms. The molecule has 4 nitrogen and oxygen atoms in total. The second kappa shape index (κ2) is 9.22. The lowest BCUT2D eigenvalue weighted by atomic mass is 10.2. The number of hydrogen-bond donors (Lipinski definition) is 1. The van der Waals surface area contributed by atoms with Crippen molar-refractivity contribution in [3.8, 4) is 0 Å². The Morgan fingerprint density at radius 1 is 0.926 bits per heavy atom.